The van der Waals surface area contributed by atoms with E-state index in [0.717, 1.165) is 36.2 Å². The van der Waals surface area contributed by atoms with Gasteiger partial charge in [0.25, 0.3) is 0 Å². The Labute approximate surface area is 198 Å². The van der Waals surface area contributed by atoms with Gasteiger partial charge < -0.3 is 0 Å². The van der Waals surface area contributed by atoms with Crippen LogP contribution in [0.15, 0.2) is 54.4 Å². The minimum Gasteiger partial charge on any atom is -0.232 e. The lowest BCUT2D eigenvalue weighted by Gasteiger charge is -2.36. The predicted molar refractivity (Wildman–Crippen MR) is 138 cm³/mol. The summed E-state index contributed by atoms with van der Waals surface area (Å²) in [5.74, 6) is 0.480. The second-order valence-electron chi connectivity index (χ2n) is 11.6. The molecule has 4 rings (SSSR count). The molecule has 1 aliphatic rings. The molecule has 2 heterocycles. The number of benzene rings is 1. The van der Waals surface area contributed by atoms with Crippen LogP contribution in [0.1, 0.15) is 84.9 Å². The van der Waals surface area contributed by atoms with Crippen LogP contribution in [-0.2, 0) is 0 Å². The number of rotatable bonds is 4. The maximum Gasteiger partial charge on any atom is 0.198 e. The molecule has 0 bridgehead atoms. The average Bonchev–Trinajstić information content (AvgIpc) is 2.76. The fourth-order valence-electron chi connectivity index (χ4n) is 4.57. The first-order valence-electron chi connectivity index (χ1n) is 12.0. The Kier molecular flexibility index (Phi) is 6.22. The molecule has 0 fully saturated rings. The molecule has 1 atom stereocenters. The van der Waals surface area contributed by atoms with Crippen molar-refractivity contribution in [1.29, 1.82) is 0 Å². The van der Waals surface area contributed by atoms with Crippen LogP contribution in [0.5, 0.6) is 0 Å². The van der Waals surface area contributed by atoms with Gasteiger partial charge in [0.2, 0.25) is 0 Å². The number of aromatic nitrogens is 4. The third-order valence-electron chi connectivity index (χ3n) is 6.43. The Morgan fingerprint density at radius 1 is 0.788 bits per heavy atom. The van der Waals surface area contributed by atoms with E-state index in [0.29, 0.717) is 17.2 Å². The molecule has 4 heteroatoms. The zero-order valence-corrected chi connectivity index (χ0v) is 21.1. The Balaban J connectivity index is 1.79. The van der Waals surface area contributed by atoms with E-state index in [1.54, 1.807) is 12.4 Å². The second-order valence-corrected chi connectivity index (χ2v) is 11.6. The number of hydrogen-bond donors (Lipinski definition) is 0. The second kappa shape index (κ2) is 8.81. The lowest BCUT2D eigenvalue weighted by atomic mass is 9.69. The number of nitrogens with zero attached hydrogens (tertiary/aromatic N) is 4. The average molecular weight is 441 g/mol. The minimum atomic E-state index is 0.190. The monoisotopic (exact) mass is 440 g/mol. The van der Waals surface area contributed by atoms with Gasteiger partial charge in [-0.15, -0.1) is 0 Å². The van der Waals surface area contributed by atoms with Crippen LogP contribution in [-0.4, -0.2) is 19.9 Å². The lowest BCUT2D eigenvalue weighted by Crippen LogP contribution is -2.23. The number of hydrogen-bond acceptors (Lipinski definition) is 4. The molecule has 0 saturated carbocycles. The molecular weight excluding hydrogens is 404 g/mol. The summed E-state index contributed by atoms with van der Waals surface area (Å²) >= 11 is 0. The van der Waals surface area contributed by atoms with E-state index in [4.69, 9.17) is 9.97 Å². The van der Waals surface area contributed by atoms with Gasteiger partial charge in [0, 0.05) is 18.0 Å². The predicted octanol–water partition coefficient (Wildman–Crippen LogP) is 7.78. The molecule has 0 N–H and O–H groups in total. The van der Waals surface area contributed by atoms with Crippen molar-refractivity contribution in [2.24, 2.45) is 10.8 Å². The van der Waals surface area contributed by atoms with Crippen molar-refractivity contribution in [3.8, 4) is 11.3 Å². The van der Waals surface area contributed by atoms with E-state index in [1.165, 1.54) is 16.7 Å². The summed E-state index contributed by atoms with van der Waals surface area (Å²) in [5, 5.41) is 0. The highest BCUT2D eigenvalue weighted by atomic mass is 15.0. The van der Waals surface area contributed by atoms with Gasteiger partial charge in [0.1, 0.15) is 0 Å². The first kappa shape index (κ1) is 23.3. The Morgan fingerprint density at radius 3 is 1.91 bits per heavy atom. The molecule has 3 aromatic rings. The molecule has 0 radical (unpaired) electrons. The molecule has 1 unspecified atom stereocenters. The van der Waals surface area contributed by atoms with Gasteiger partial charge in [-0.3, -0.25) is 0 Å². The van der Waals surface area contributed by atoms with E-state index in [1.807, 2.05) is 0 Å². The van der Waals surface area contributed by atoms with Crippen LogP contribution in [0.4, 0.5) is 0 Å². The summed E-state index contributed by atoms with van der Waals surface area (Å²) in [5.41, 5.74) is 8.50. The van der Waals surface area contributed by atoms with Crippen molar-refractivity contribution in [2.45, 2.75) is 73.6 Å². The van der Waals surface area contributed by atoms with Crippen molar-refractivity contribution >= 4 is 16.9 Å². The van der Waals surface area contributed by atoms with Gasteiger partial charge in [-0.1, -0.05) is 83.5 Å². The topological polar surface area (TPSA) is 51.6 Å². The lowest BCUT2D eigenvalue weighted by molar-refractivity contribution is 0.229. The van der Waals surface area contributed by atoms with Gasteiger partial charge >= 0.3 is 0 Å². The van der Waals surface area contributed by atoms with Crippen molar-refractivity contribution in [3.05, 3.63) is 65.6 Å². The summed E-state index contributed by atoms with van der Waals surface area (Å²) < 4.78 is 0. The van der Waals surface area contributed by atoms with Crippen LogP contribution in [0.25, 0.3) is 28.1 Å². The summed E-state index contributed by atoms with van der Waals surface area (Å²) in [6.45, 7) is 16.2. The standard InChI is InChI=1S/C29H36N4/c1-19-8-10-21(11-9-19)24-25(33-27-26(32-24)30-16-17-31-27)22-14-12-20(13-15-22)23(29(5,6)7)18-28(2,3)4/h8,10,12-17,23H,9,11,18H2,1-7H3. The summed E-state index contributed by atoms with van der Waals surface area (Å²) in [6, 6.07) is 8.97. The van der Waals surface area contributed by atoms with Crippen molar-refractivity contribution in [3.63, 3.8) is 0 Å². The molecule has 0 aliphatic heterocycles. The molecule has 1 aliphatic carbocycles. The zero-order valence-electron chi connectivity index (χ0n) is 21.1. The Morgan fingerprint density at radius 2 is 1.39 bits per heavy atom. The Hall–Kier alpha value is -2.88. The minimum absolute atomic E-state index is 0.190. The SMILES string of the molecule is CC1=CC=C(c2nc3nccnc3nc2-c2ccc(C(CC(C)(C)C)C(C)(C)C)cc2)CC1. The third kappa shape index (κ3) is 5.38. The molecule has 2 aromatic heterocycles. The van der Waals surface area contributed by atoms with E-state index in [-0.39, 0.29) is 10.8 Å². The van der Waals surface area contributed by atoms with E-state index >= 15 is 0 Å². The molecule has 33 heavy (non-hydrogen) atoms. The highest BCUT2D eigenvalue weighted by Crippen LogP contribution is 2.43. The summed E-state index contributed by atoms with van der Waals surface area (Å²) in [6.07, 6.45) is 10.9. The van der Waals surface area contributed by atoms with Crippen LogP contribution in [0.3, 0.4) is 0 Å². The third-order valence-corrected chi connectivity index (χ3v) is 6.43. The van der Waals surface area contributed by atoms with Gasteiger partial charge in [-0.2, -0.15) is 0 Å². The van der Waals surface area contributed by atoms with E-state index in [2.05, 4.69) is 94.9 Å². The fourth-order valence-corrected chi connectivity index (χ4v) is 4.57. The van der Waals surface area contributed by atoms with Crippen LogP contribution in [0, 0.1) is 10.8 Å². The van der Waals surface area contributed by atoms with Crippen LogP contribution >= 0.6 is 0 Å². The zero-order chi connectivity index (χ0) is 23.8. The molecule has 0 saturated heterocycles. The molecule has 4 nitrogen and oxygen atoms in total. The highest BCUT2D eigenvalue weighted by Gasteiger charge is 2.30. The number of fused-ring (bicyclic) bond motifs is 1. The van der Waals surface area contributed by atoms with Gasteiger partial charge in [0.05, 0.1) is 11.4 Å². The molecule has 1 aromatic carbocycles. The van der Waals surface area contributed by atoms with Gasteiger partial charge in [-0.25, -0.2) is 19.9 Å². The van der Waals surface area contributed by atoms with Crippen LogP contribution < -0.4 is 0 Å². The number of allylic oxidation sites excluding steroid dienone is 4. The first-order chi connectivity index (χ1) is 15.5. The van der Waals surface area contributed by atoms with Crippen molar-refractivity contribution in [1.82, 2.24) is 19.9 Å². The molecule has 172 valence electrons. The van der Waals surface area contributed by atoms with E-state index in [9.17, 15) is 0 Å². The normalized spacial score (nSPS) is 15.8. The largest absolute Gasteiger partial charge is 0.232 e. The summed E-state index contributed by atoms with van der Waals surface area (Å²) in [4.78, 5) is 18.7. The van der Waals surface area contributed by atoms with Crippen LogP contribution in [0.2, 0.25) is 0 Å². The maximum absolute atomic E-state index is 4.92. The molecular formula is C29H36N4. The smallest absolute Gasteiger partial charge is 0.198 e. The molecule has 0 amide bonds. The Bertz CT molecular complexity index is 1210. The van der Waals surface area contributed by atoms with Gasteiger partial charge in [0.15, 0.2) is 11.3 Å². The maximum atomic E-state index is 4.92. The fraction of sp³-hybridized carbons (Fsp3) is 0.448. The summed E-state index contributed by atoms with van der Waals surface area (Å²) in [7, 11) is 0. The molecule has 0 spiro atoms. The quantitative estimate of drug-likeness (QED) is 0.416. The van der Waals surface area contributed by atoms with Crippen molar-refractivity contribution < 1.29 is 0 Å². The van der Waals surface area contributed by atoms with E-state index < -0.39 is 0 Å². The highest BCUT2D eigenvalue weighted by molar-refractivity contribution is 5.82. The first-order valence-corrected chi connectivity index (χ1v) is 12.0. The van der Waals surface area contributed by atoms with Crippen molar-refractivity contribution in [2.75, 3.05) is 0 Å². The van der Waals surface area contributed by atoms with Gasteiger partial charge in [-0.05, 0) is 54.1 Å².